The zero-order valence-corrected chi connectivity index (χ0v) is 18.5. The number of carbonyl (C=O) groups excluding carboxylic acids is 2. The second kappa shape index (κ2) is 11.6. The van der Waals surface area contributed by atoms with Crippen LogP contribution in [0.2, 0.25) is 5.02 Å². The smallest absolute Gasteiger partial charge is 0.303 e. The molecule has 0 radical (unpaired) electrons. The molecular weight excluding hydrogens is 430 g/mol. The van der Waals surface area contributed by atoms with Gasteiger partial charge in [0, 0.05) is 43.4 Å². The van der Waals surface area contributed by atoms with Gasteiger partial charge in [0.25, 0.3) is 0 Å². The van der Waals surface area contributed by atoms with E-state index in [-0.39, 0.29) is 36.6 Å². The number of nitrogens with one attached hydrogen (secondary N) is 3. The summed E-state index contributed by atoms with van der Waals surface area (Å²) in [6.07, 6.45) is 1.18. The van der Waals surface area contributed by atoms with E-state index in [4.69, 9.17) is 16.7 Å². The molecule has 2 aromatic carbocycles. The van der Waals surface area contributed by atoms with Gasteiger partial charge in [-0.3, -0.25) is 14.4 Å². The minimum absolute atomic E-state index is 0.00840. The van der Waals surface area contributed by atoms with Crippen molar-refractivity contribution in [1.82, 2.24) is 16.0 Å². The number of hydrogen-bond acceptors (Lipinski definition) is 4. The first-order valence-electron chi connectivity index (χ1n) is 10.7. The van der Waals surface area contributed by atoms with Crippen LogP contribution < -0.4 is 16.0 Å². The quantitative estimate of drug-likeness (QED) is 0.410. The lowest BCUT2D eigenvalue weighted by Gasteiger charge is -2.26. The highest BCUT2D eigenvalue weighted by Crippen LogP contribution is 2.22. The van der Waals surface area contributed by atoms with E-state index in [9.17, 15) is 14.4 Å². The van der Waals surface area contributed by atoms with Crippen molar-refractivity contribution in [3.63, 3.8) is 0 Å². The van der Waals surface area contributed by atoms with Gasteiger partial charge in [0.2, 0.25) is 11.8 Å². The number of fused-ring (bicyclic) bond motifs is 1. The average molecular weight is 458 g/mol. The number of halogens is 1. The first kappa shape index (κ1) is 23.8. The van der Waals surface area contributed by atoms with Gasteiger partial charge in [-0.15, -0.1) is 0 Å². The van der Waals surface area contributed by atoms with E-state index >= 15 is 0 Å². The molecule has 1 aliphatic heterocycles. The Balaban J connectivity index is 1.57. The third-order valence-electron chi connectivity index (χ3n) is 5.58. The van der Waals surface area contributed by atoms with Crippen molar-refractivity contribution >= 4 is 29.4 Å². The number of carboxylic acid groups (broad SMARTS) is 1. The molecular formula is C24H28ClN3O4. The fraction of sp³-hybridized carbons (Fsp3) is 0.375. The molecule has 0 bridgehead atoms. The molecule has 8 heteroatoms. The van der Waals surface area contributed by atoms with E-state index in [1.807, 2.05) is 30.3 Å². The summed E-state index contributed by atoms with van der Waals surface area (Å²) in [5.74, 6) is -1.40. The molecule has 3 rings (SSSR count). The van der Waals surface area contributed by atoms with Crippen LogP contribution in [0.25, 0.3) is 0 Å². The van der Waals surface area contributed by atoms with Crippen molar-refractivity contribution in [3.05, 3.63) is 70.2 Å². The summed E-state index contributed by atoms with van der Waals surface area (Å²) in [5.41, 5.74) is 3.27. The number of carbonyl (C=O) groups is 3. The highest BCUT2D eigenvalue weighted by atomic mass is 35.5. The summed E-state index contributed by atoms with van der Waals surface area (Å²) in [5, 5.41) is 18.3. The predicted molar refractivity (Wildman–Crippen MR) is 122 cm³/mol. The largest absolute Gasteiger partial charge is 0.481 e. The van der Waals surface area contributed by atoms with Crippen LogP contribution in [0, 0.1) is 0 Å². The van der Waals surface area contributed by atoms with E-state index in [0.29, 0.717) is 37.5 Å². The number of hydrogen-bond donors (Lipinski definition) is 4. The molecule has 0 aliphatic carbocycles. The molecule has 1 unspecified atom stereocenters. The normalized spacial score (nSPS) is 16.0. The fourth-order valence-corrected chi connectivity index (χ4v) is 3.92. The van der Waals surface area contributed by atoms with Crippen molar-refractivity contribution in [2.45, 2.75) is 44.2 Å². The molecule has 2 atom stereocenters. The van der Waals surface area contributed by atoms with Gasteiger partial charge >= 0.3 is 5.97 Å². The maximum absolute atomic E-state index is 12.8. The minimum Gasteiger partial charge on any atom is -0.481 e. The summed E-state index contributed by atoms with van der Waals surface area (Å²) in [7, 11) is 0. The van der Waals surface area contributed by atoms with Gasteiger partial charge in [-0.25, -0.2) is 0 Å². The van der Waals surface area contributed by atoms with E-state index < -0.39 is 5.97 Å². The molecule has 0 saturated heterocycles. The SMILES string of the molecule is O=C(O)CCCNC(=O)CC(CNC(=O)[C@@H]1Cc2ccccc2CN1)c1ccc(Cl)cc1. The van der Waals surface area contributed by atoms with Crippen molar-refractivity contribution in [2.24, 2.45) is 0 Å². The van der Waals surface area contributed by atoms with Gasteiger partial charge in [-0.05, 0) is 41.7 Å². The summed E-state index contributed by atoms with van der Waals surface area (Å²) in [4.78, 5) is 35.8. The Morgan fingerprint density at radius 3 is 2.50 bits per heavy atom. The van der Waals surface area contributed by atoms with Crippen LogP contribution in [-0.4, -0.2) is 42.0 Å². The lowest BCUT2D eigenvalue weighted by molar-refractivity contribution is -0.137. The first-order valence-corrected chi connectivity index (χ1v) is 11.1. The average Bonchev–Trinajstić information content (AvgIpc) is 2.79. The van der Waals surface area contributed by atoms with E-state index in [2.05, 4.69) is 22.0 Å². The van der Waals surface area contributed by atoms with E-state index in [1.165, 1.54) is 11.1 Å². The van der Waals surface area contributed by atoms with E-state index in [1.54, 1.807) is 12.1 Å². The Morgan fingerprint density at radius 1 is 1.06 bits per heavy atom. The zero-order valence-electron chi connectivity index (χ0n) is 17.8. The molecule has 0 saturated carbocycles. The first-order chi connectivity index (χ1) is 15.4. The number of rotatable bonds is 10. The summed E-state index contributed by atoms with van der Waals surface area (Å²) in [6, 6.07) is 15.0. The second-order valence-electron chi connectivity index (χ2n) is 7.95. The van der Waals surface area contributed by atoms with Crippen LogP contribution in [0.1, 0.15) is 41.9 Å². The standard InChI is InChI=1S/C24H28ClN3O4/c25-20-9-7-16(8-10-20)19(13-22(29)26-11-3-6-23(30)31)15-28-24(32)21-12-17-4-1-2-5-18(17)14-27-21/h1-2,4-5,7-10,19,21,27H,3,6,11-15H2,(H,26,29)(H,28,32)(H,30,31)/t19?,21-/m0/s1. The third-order valence-corrected chi connectivity index (χ3v) is 5.84. The van der Waals surface area contributed by atoms with Gasteiger partial charge in [0.05, 0.1) is 6.04 Å². The summed E-state index contributed by atoms with van der Waals surface area (Å²) < 4.78 is 0. The number of carboxylic acids is 1. The van der Waals surface area contributed by atoms with Crippen molar-refractivity contribution in [2.75, 3.05) is 13.1 Å². The van der Waals surface area contributed by atoms with Crippen LogP contribution in [0.5, 0.6) is 0 Å². The molecule has 0 aromatic heterocycles. The molecule has 7 nitrogen and oxygen atoms in total. The van der Waals surface area contributed by atoms with Crippen LogP contribution in [0.15, 0.2) is 48.5 Å². The predicted octanol–water partition coefficient (Wildman–Crippen LogP) is 2.63. The maximum Gasteiger partial charge on any atom is 0.303 e. The van der Waals surface area contributed by atoms with Gasteiger partial charge in [0.15, 0.2) is 0 Å². The zero-order chi connectivity index (χ0) is 22.9. The Kier molecular flexibility index (Phi) is 8.64. The van der Waals surface area contributed by atoms with Crippen molar-refractivity contribution in [3.8, 4) is 0 Å². The summed E-state index contributed by atoms with van der Waals surface area (Å²) in [6.45, 7) is 1.26. The molecule has 32 heavy (non-hydrogen) atoms. The Bertz CT molecular complexity index is 949. The molecule has 0 fully saturated rings. The molecule has 4 N–H and O–H groups in total. The molecule has 1 heterocycles. The molecule has 0 spiro atoms. The highest BCUT2D eigenvalue weighted by molar-refractivity contribution is 6.30. The Labute approximate surface area is 192 Å². The molecule has 2 aromatic rings. The monoisotopic (exact) mass is 457 g/mol. The number of aliphatic carboxylic acids is 1. The van der Waals surface area contributed by atoms with Gasteiger partial charge in [0.1, 0.15) is 0 Å². The molecule has 2 amide bonds. The minimum atomic E-state index is -0.889. The highest BCUT2D eigenvalue weighted by Gasteiger charge is 2.25. The Hall–Kier alpha value is -2.90. The molecule has 1 aliphatic rings. The maximum atomic E-state index is 12.8. The van der Waals surface area contributed by atoms with Crippen LogP contribution in [-0.2, 0) is 27.3 Å². The van der Waals surface area contributed by atoms with Gasteiger partial charge in [-0.1, -0.05) is 48.0 Å². The van der Waals surface area contributed by atoms with Crippen molar-refractivity contribution in [1.29, 1.82) is 0 Å². The summed E-state index contributed by atoms with van der Waals surface area (Å²) >= 11 is 6.00. The Morgan fingerprint density at radius 2 is 1.78 bits per heavy atom. The molecule has 170 valence electrons. The van der Waals surface area contributed by atoms with Gasteiger partial charge < -0.3 is 21.1 Å². The third kappa shape index (κ3) is 7.07. The van der Waals surface area contributed by atoms with Crippen LogP contribution in [0.3, 0.4) is 0 Å². The van der Waals surface area contributed by atoms with Gasteiger partial charge in [-0.2, -0.15) is 0 Å². The number of benzene rings is 2. The van der Waals surface area contributed by atoms with Crippen LogP contribution >= 0.6 is 11.6 Å². The fourth-order valence-electron chi connectivity index (χ4n) is 3.79. The second-order valence-corrected chi connectivity index (χ2v) is 8.39. The van der Waals surface area contributed by atoms with E-state index in [0.717, 1.165) is 5.56 Å². The lowest BCUT2D eigenvalue weighted by atomic mass is 9.93. The number of amides is 2. The van der Waals surface area contributed by atoms with Crippen LogP contribution in [0.4, 0.5) is 0 Å². The lowest BCUT2D eigenvalue weighted by Crippen LogP contribution is -2.48. The van der Waals surface area contributed by atoms with Crippen molar-refractivity contribution < 1.29 is 19.5 Å². The topological polar surface area (TPSA) is 108 Å².